The third kappa shape index (κ3) is 29.7. The molecule has 0 heterocycles. The molecule has 4 unspecified atom stereocenters. The number of hydrogen-bond acceptors (Lipinski definition) is 10. The lowest BCUT2D eigenvalue weighted by Gasteiger charge is -2.33. The van der Waals surface area contributed by atoms with Crippen LogP contribution in [-0.4, -0.2) is 126 Å². The largest absolute Gasteiger partial charge is 0.379 e. The Morgan fingerprint density at radius 3 is 1.39 bits per heavy atom. The van der Waals surface area contributed by atoms with Crippen LogP contribution in [-0.2, 0) is 47.4 Å². The third-order valence-electron chi connectivity index (χ3n) is 5.88. The molecule has 4 atom stereocenters. The second-order valence-corrected chi connectivity index (χ2v) is 14.2. The highest BCUT2D eigenvalue weighted by Gasteiger charge is 2.29. The summed E-state index contributed by atoms with van der Waals surface area (Å²) in [5, 5.41) is 0. The summed E-state index contributed by atoms with van der Waals surface area (Å²) in [6, 6.07) is 0. The monoisotopic (exact) mass is 669 g/mol. The molecule has 0 aliphatic rings. The van der Waals surface area contributed by atoms with Crippen LogP contribution < -0.4 is 0 Å². The van der Waals surface area contributed by atoms with E-state index in [9.17, 15) is 0 Å². The highest BCUT2D eigenvalue weighted by Crippen LogP contribution is 2.18. The number of rotatable bonds is 27. The Bertz CT molecular complexity index is 682. The zero-order valence-electron chi connectivity index (χ0n) is 32.8. The van der Waals surface area contributed by atoms with Gasteiger partial charge in [0.25, 0.3) is 0 Å². The van der Waals surface area contributed by atoms with Crippen LogP contribution in [0.3, 0.4) is 0 Å². The summed E-state index contributed by atoms with van der Waals surface area (Å²) in [4.78, 5) is 0. The van der Waals surface area contributed by atoms with Crippen LogP contribution >= 0.6 is 0 Å². The molecule has 0 spiro atoms. The van der Waals surface area contributed by atoms with Crippen molar-refractivity contribution < 1.29 is 47.4 Å². The van der Waals surface area contributed by atoms with Crippen molar-refractivity contribution in [1.29, 1.82) is 0 Å². The summed E-state index contributed by atoms with van der Waals surface area (Å²) in [7, 11) is 0. The van der Waals surface area contributed by atoms with Crippen molar-refractivity contribution in [3.63, 3.8) is 0 Å². The molecule has 0 fully saturated rings. The Kier molecular flexibility index (Phi) is 27.5. The molecule has 0 aliphatic heterocycles. The maximum absolute atomic E-state index is 6.06. The molecular formula is C36H76O10. The molecule has 280 valence electrons. The number of hydrogen-bond donors (Lipinski definition) is 0. The molecule has 0 bridgehead atoms. The van der Waals surface area contributed by atoms with Crippen molar-refractivity contribution in [2.45, 2.75) is 164 Å². The van der Waals surface area contributed by atoms with Gasteiger partial charge in [-0.05, 0) is 111 Å². The minimum Gasteiger partial charge on any atom is -0.379 e. The van der Waals surface area contributed by atoms with Gasteiger partial charge in [-0.1, -0.05) is 0 Å². The van der Waals surface area contributed by atoms with Gasteiger partial charge in [0, 0.05) is 19.8 Å². The van der Waals surface area contributed by atoms with Crippen LogP contribution in [0.15, 0.2) is 0 Å². The van der Waals surface area contributed by atoms with Crippen LogP contribution in [0, 0.1) is 0 Å². The van der Waals surface area contributed by atoms with Crippen molar-refractivity contribution in [1.82, 2.24) is 0 Å². The molecule has 0 saturated carbocycles. The van der Waals surface area contributed by atoms with E-state index in [0.717, 1.165) is 0 Å². The van der Waals surface area contributed by atoms with Crippen LogP contribution in [0.2, 0.25) is 0 Å². The van der Waals surface area contributed by atoms with E-state index in [1.165, 1.54) is 0 Å². The van der Waals surface area contributed by atoms with E-state index < -0.39 is 11.2 Å². The smallest absolute Gasteiger partial charge is 0.112 e. The van der Waals surface area contributed by atoms with Gasteiger partial charge in [0.15, 0.2) is 0 Å². The summed E-state index contributed by atoms with van der Waals surface area (Å²) in [6.45, 7) is 38.2. The Morgan fingerprint density at radius 2 is 0.935 bits per heavy atom. The molecule has 0 aromatic carbocycles. The van der Waals surface area contributed by atoms with Gasteiger partial charge in [-0.3, -0.25) is 0 Å². The topological polar surface area (TPSA) is 92.3 Å². The predicted molar refractivity (Wildman–Crippen MR) is 186 cm³/mol. The molecule has 0 saturated heterocycles. The Hall–Kier alpha value is -0.400. The SMILES string of the molecule is CC(C)OCC(COCC(C)(COC(C)C)OC(C)C)OC(C)(C)C.CCOCC(COCC(C)(COCC)OCC)OC(C)C. The van der Waals surface area contributed by atoms with Crippen LogP contribution in [0.5, 0.6) is 0 Å². The molecule has 0 aliphatic carbocycles. The standard InChI is InChI=1S/C20H42O5.C16H34O5/c1-15(2)22-12-18(25-19(7,8)9)11-21-13-20(10,24-17(5)6)14-23-16(3)4;1-7-17-10-15(21-14(4)5)11-19-13-16(6,20-9-3)12-18-8-2/h15-18H,11-14H2,1-10H3;14-15H,7-13H2,1-6H3. The Labute approximate surface area is 284 Å². The molecule has 0 rings (SSSR count). The molecule has 0 radical (unpaired) electrons. The van der Waals surface area contributed by atoms with Gasteiger partial charge in [-0.25, -0.2) is 0 Å². The third-order valence-corrected chi connectivity index (χ3v) is 5.88. The maximum atomic E-state index is 6.06. The zero-order chi connectivity index (χ0) is 35.8. The minimum absolute atomic E-state index is 0.0529. The summed E-state index contributed by atoms with van der Waals surface area (Å²) >= 11 is 0. The fraction of sp³-hybridized carbons (Fsp3) is 1.00. The first kappa shape index (κ1) is 47.7. The van der Waals surface area contributed by atoms with E-state index in [1.54, 1.807) is 0 Å². The van der Waals surface area contributed by atoms with E-state index in [-0.39, 0.29) is 42.2 Å². The van der Waals surface area contributed by atoms with Crippen molar-refractivity contribution in [2.24, 2.45) is 0 Å². The molecule has 10 nitrogen and oxygen atoms in total. The van der Waals surface area contributed by atoms with Gasteiger partial charge in [-0.2, -0.15) is 0 Å². The molecule has 46 heavy (non-hydrogen) atoms. The van der Waals surface area contributed by atoms with Gasteiger partial charge < -0.3 is 47.4 Å². The maximum Gasteiger partial charge on any atom is 0.112 e. The van der Waals surface area contributed by atoms with Gasteiger partial charge in [0.1, 0.15) is 23.4 Å². The van der Waals surface area contributed by atoms with E-state index >= 15 is 0 Å². The number of ether oxygens (including phenoxy) is 10. The summed E-state index contributed by atoms with van der Waals surface area (Å²) in [5.74, 6) is 0. The van der Waals surface area contributed by atoms with E-state index in [1.807, 2.05) is 111 Å². The van der Waals surface area contributed by atoms with Crippen LogP contribution in [0.25, 0.3) is 0 Å². The predicted octanol–water partition coefficient (Wildman–Crippen LogP) is 6.89. The Balaban J connectivity index is 0. The lowest BCUT2D eigenvalue weighted by molar-refractivity contribution is -0.172. The Morgan fingerprint density at radius 1 is 0.435 bits per heavy atom. The van der Waals surface area contributed by atoms with Crippen molar-refractivity contribution >= 4 is 0 Å². The second kappa shape index (κ2) is 26.5. The van der Waals surface area contributed by atoms with Crippen molar-refractivity contribution in [2.75, 3.05) is 72.7 Å². The highest BCUT2D eigenvalue weighted by atomic mass is 16.6. The van der Waals surface area contributed by atoms with Crippen LogP contribution in [0.4, 0.5) is 0 Å². The fourth-order valence-electron chi connectivity index (χ4n) is 4.30. The van der Waals surface area contributed by atoms with Crippen LogP contribution in [0.1, 0.15) is 111 Å². The summed E-state index contributed by atoms with van der Waals surface area (Å²) in [6.07, 6.45) is 0.419. The first-order valence-corrected chi connectivity index (χ1v) is 17.5. The van der Waals surface area contributed by atoms with Crippen molar-refractivity contribution in [3.05, 3.63) is 0 Å². The van der Waals surface area contributed by atoms with E-state index in [2.05, 4.69) is 0 Å². The summed E-state index contributed by atoms with van der Waals surface area (Å²) in [5.41, 5.74) is -1.14. The molecule has 0 aromatic rings. The van der Waals surface area contributed by atoms with Gasteiger partial charge >= 0.3 is 0 Å². The molecular weight excluding hydrogens is 592 g/mol. The molecule has 10 heteroatoms. The lowest BCUT2D eigenvalue weighted by atomic mass is 10.1. The normalized spacial score (nSPS) is 16.4. The fourth-order valence-corrected chi connectivity index (χ4v) is 4.30. The second-order valence-electron chi connectivity index (χ2n) is 14.2. The zero-order valence-corrected chi connectivity index (χ0v) is 32.8. The summed E-state index contributed by atoms with van der Waals surface area (Å²) < 4.78 is 57.8. The highest BCUT2D eigenvalue weighted by molar-refractivity contribution is 4.77. The van der Waals surface area contributed by atoms with Gasteiger partial charge in [0.05, 0.1) is 82.9 Å². The van der Waals surface area contributed by atoms with Crippen molar-refractivity contribution in [3.8, 4) is 0 Å². The first-order valence-electron chi connectivity index (χ1n) is 17.5. The van der Waals surface area contributed by atoms with Gasteiger partial charge in [0.2, 0.25) is 0 Å². The van der Waals surface area contributed by atoms with Gasteiger partial charge in [-0.15, -0.1) is 0 Å². The first-order chi connectivity index (χ1) is 21.3. The average Bonchev–Trinajstić information content (AvgIpc) is 2.91. The minimum atomic E-state index is -0.483. The molecule has 0 N–H and O–H groups in total. The molecule has 0 amide bonds. The van der Waals surface area contributed by atoms with E-state index in [4.69, 9.17) is 47.4 Å². The average molecular weight is 669 g/mol. The van der Waals surface area contributed by atoms with E-state index in [0.29, 0.717) is 72.7 Å². The molecule has 0 aromatic heterocycles. The lowest BCUT2D eigenvalue weighted by Crippen LogP contribution is -2.44. The quantitative estimate of drug-likeness (QED) is 0.0922.